The van der Waals surface area contributed by atoms with E-state index in [9.17, 15) is 4.79 Å². The SMILES string of the molecule is CC1(C)C=C(C=CC=CC(=O)O)c2ccccc2OC1. The number of carbonyl (C=O) groups is 1. The van der Waals surface area contributed by atoms with Crippen LogP contribution in [0.5, 0.6) is 5.75 Å². The largest absolute Gasteiger partial charge is 0.492 e. The molecule has 0 aromatic heterocycles. The molecule has 0 spiro atoms. The van der Waals surface area contributed by atoms with E-state index in [2.05, 4.69) is 19.9 Å². The Morgan fingerprint density at radius 1 is 1.30 bits per heavy atom. The number of hydrogen-bond acceptors (Lipinski definition) is 2. The Labute approximate surface area is 118 Å². The summed E-state index contributed by atoms with van der Waals surface area (Å²) in [4.78, 5) is 10.5. The van der Waals surface area contributed by atoms with Crippen molar-refractivity contribution < 1.29 is 14.6 Å². The third-order valence-electron chi connectivity index (χ3n) is 2.97. The minimum Gasteiger partial charge on any atom is -0.492 e. The summed E-state index contributed by atoms with van der Waals surface area (Å²) < 4.78 is 5.84. The minimum atomic E-state index is -0.950. The van der Waals surface area contributed by atoms with Crippen molar-refractivity contribution in [3.8, 4) is 5.75 Å². The molecule has 0 fully saturated rings. The van der Waals surface area contributed by atoms with Gasteiger partial charge in [0, 0.05) is 17.1 Å². The van der Waals surface area contributed by atoms with Crippen molar-refractivity contribution in [1.29, 1.82) is 0 Å². The summed E-state index contributed by atoms with van der Waals surface area (Å²) in [6.45, 7) is 4.84. The summed E-state index contributed by atoms with van der Waals surface area (Å²) in [6, 6.07) is 7.87. The van der Waals surface area contributed by atoms with Crippen LogP contribution in [0.4, 0.5) is 0 Å². The van der Waals surface area contributed by atoms with E-state index >= 15 is 0 Å². The molecular weight excluding hydrogens is 252 g/mol. The van der Waals surface area contributed by atoms with Crippen LogP contribution in [-0.2, 0) is 4.79 Å². The molecule has 0 saturated heterocycles. The summed E-state index contributed by atoms with van der Waals surface area (Å²) in [6.07, 6.45) is 8.43. The van der Waals surface area contributed by atoms with E-state index in [-0.39, 0.29) is 5.41 Å². The molecule has 1 N–H and O–H groups in total. The zero-order valence-corrected chi connectivity index (χ0v) is 11.7. The number of hydrogen-bond donors (Lipinski definition) is 1. The summed E-state index contributed by atoms with van der Waals surface area (Å²) >= 11 is 0. The molecule has 1 aliphatic heterocycles. The van der Waals surface area contributed by atoms with Crippen LogP contribution in [0.25, 0.3) is 5.57 Å². The van der Waals surface area contributed by atoms with E-state index in [4.69, 9.17) is 9.84 Å². The number of para-hydroxylation sites is 1. The van der Waals surface area contributed by atoms with E-state index in [1.807, 2.05) is 30.3 Å². The molecule has 0 aliphatic carbocycles. The van der Waals surface area contributed by atoms with E-state index in [0.717, 1.165) is 23.0 Å². The highest BCUT2D eigenvalue weighted by molar-refractivity contribution is 5.81. The molecule has 2 rings (SSSR count). The summed E-state index contributed by atoms with van der Waals surface area (Å²) in [5.41, 5.74) is 1.99. The highest BCUT2D eigenvalue weighted by Crippen LogP contribution is 2.35. The first kappa shape index (κ1) is 14.1. The number of rotatable bonds is 3. The number of carboxylic acid groups (broad SMARTS) is 1. The summed E-state index contributed by atoms with van der Waals surface area (Å²) in [5.74, 6) is -0.0928. The summed E-state index contributed by atoms with van der Waals surface area (Å²) in [5, 5.41) is 8.58. The van der Waals surface area contributed by atoms with Crippen LogP contribution < -0.4 is 4.74 Å². The maximum Gasteiger partial charge on any atom is 0.328 e. The van der Waals surface area contributed by atoms with Gasteiger partial charge in [-0.25, -0.2) is 4.79 Å². The molecule has 0 unspecified atom stereocenters. The van der Waals surface area contributed by atoms with Gasteiger partial charge >= 0.3 is 5.97 Å². The molecule has 20 heavy (non-hydrogen) atoms. The first-order valence-electron chi connectivity index (χ1n) is 6.51. The van der Waals surface area contributed by atoms with Gasteiger partial charge in [0.25, 0.3) is 0 Å². The maximum atomic E-state index is 10.5. The number of ether oxygens (including phenoxy) is 1. The van der Waals surface area contributed by atoms with Gasteiger partial charge in [0.1, 0.15) is 5.75 Å². The highest BCUT2D eigenvalue weighted by Gasteiger charge is 2.22. The molecule has 1 aromatic rings. The molecule has 3 heteroatoms. The van der Waals surface area contributed by atoms with Crippen LogP contribution in [0.15, 0.2) is 54.6 Å². The quantitative estimate of drug-likeness (QED) is 0.673. The maximum absolute atomic E-state index is 10.5. The Hall–Kier alpha value is -2.29. The Morgan fingerprint density at radius 3 is 2.80 bits per heavy atom. The normalized spacial score (nSPS) is 17.4. The van der Waals surface area contributed by atoms with Crippen LogP contribution in [0, 0.1) is 5.41 Å². The molecule has 1 heterocycles. The Kier molecular flexibility index (Phi) is 4.08. The van der Waals surface area contributed by atoms with Gasteiger partial charge in [-0.15, -0.1) is 0 Å². The fourth-order valence-electron chi connectivity index (χ4n) is 2.07. The second kappa shape index (κ2) is 5.78. The summed E-state index contributed by atoms with van der Waals surface area (Å²) in [7, 11) is 0. The molecule has 104 valence electrons. The van der Waals surface area contributed by atoms with Crippen LogP contribution in [-0.4, -0.2) is 17.7 Å². The van der Waals surface area contributed by atoms with Crippen molar-refractivity contribution >= 4 is 11.5 Å². The second-order valence-electron chi connectivity index (χ2n) is 5.43. The number of allylic oxidation sites excluding steroid dienone is 4. The van der Waals surface area contributed by atoms with Crippen LogP contribution in [0.3, 0.4) is 0 Å². The average molecular weight is 270 g/mol. The van der Waals surface area contributed by atoms with Gasteiger partial charge < -0.3 is 9.84 Å². The van der Waals surface area contributed by atoms with Gasteiger partial charge in [0.15, 0.2) is 0 Å². The van der Waals surface area contributed by atoms with Gasteiger partial charge in [-0.3, -0.25) is 0 Å². The van der Waals surface area contributed by atoms with Crippen LogP contribution >= 0.6 is 0 Å². The van der Waals surface area contributed by atoms with Crippen molar-refractivity contribution in [2.75, 3.05) is 6.61 Å². The van der Waals surface area contributed by atoms with E-state index in [1.165, 1.54) is 6.08 Å². The van der Waals surface area contributed by atoms with Gasteiger partial charge in [-0.1, -0.05) is 56.4 Å². The van der Waals surface area contributed by atoms with Crippen molar-refractivity contribution in [2.45, 2.75) is 13.8 Å². The molecule has 0 atom stereocenters. The van der Waals surface area contributed by atoms with E-state index < -0.39 is 5.97 Å². The highest BCUT2D eigenvalue weighted by atomic mass is 16.5. The molecular formula is C17H18O3. The molecule has 0 radical (unpaired) electrons. The predicted molar refractivity (Wildman–Crippen MR) is 79.6 cm³/mol. The second-order valence-corrected chi connectivity index (χ2v) is 5.43. The zero-order chi connectivity index (χ0) is 14.6. The zero-order valence-electron chi connectivity index (χ0n) is 11.7. The van der Waals surface area contributed by atoms with Gasteiger partial charge in [-0.05, 0) is 11.6 Å². The predicted octanol–water partition coefficient (Wildman–Crippen LogP) is 3.69. The Balaban J connectivity index is 2.36. The van der Waals surface area contributed by atoms with Crippen LogP contribution in [0.2, 0.25) is 0 Å². The lowest BCUT2D eigenvalue weighted by atomic mass is 9.90. The fraction of sp³-hybridized carbons (Fsp3) is 0.235. The number of benzene rings is 1. The lowest BCUT2D eigenvalue weighted by Crippen LogP contribution is -2.17. The van der Waals surface area contributed by atoms with E-state index in [0.29, 0.717) is 6.61 Å². The van der Waals surface area contributed by atoms with Crippen LogP contribution in [0.1, 0.15) is 19.4 Å². The Bertz CT molecular complexity index is 592. The number of aliphatic carboxylic acids is 1. The smallest absolute Gasteiger partial charge is 0.328 e. The average Bonchev–Trinajstić information content (AvgIpc) is 2.52. The standard InChI is InChI=1S/C17H18O3/c1-17(2)11-13(7-3-6-10-16(18)19)14-8-4-5-9-15(14)20-12-17/h3-11H,12H2,1-2H3,(H,18,19). The third-order valence-corrected chi connectivity index (χ3v) is 2.97. The first-order valence-corrected chi connectivity index (χ1v) is 6.51. The number of carboxylic acids is 1. The minimum absolute atomic E-state index is 0.0742. The fourth-order valence-corrected chi connectivity index (χ4v) is 2.07. The lowest BCUT2D eigenvalue weighted by molar-refractivity contribution is -0.131. The van der Waals surface area contributed by atoms with Crippen molar-refractivity contribution in [2.24, 2.45) is 5.41 Å². The van der Waals surface area contributed by atoms with Gasteiger partial charge in [0.05, 0.1) is 6.61 Å². The molecule has 1 aromatic carbocycles. The molecule has 0 bridgehead atoms. The van der Waals surface area contributed by atoms with E-state index in [1.54, 1.807) is 6.08 Å². The van der Waals surface area contributed by atoms with Crippen molar-refractivity contribution in [3.63, 3.8) is 0 Å². The molecule has 0 saturated carbocycles. The molecule has 3 nitrogen and oxygen atoms in total. The molecule has 0 amide bonds. The molecule has 1 aliphatic rings. The number of fused-ring (bicyclic) bond motifs is 1. The first-order chi connectivity index (χ1) is 9.48. The van der Waals surface area contributed by atoms with Crippen molar-refractivity contribution in [3.05, 3.63) is 60.2 Å². The van der Waals surface area contributed by atoms with Gasteiger partial charge in [0.2, 0.25) is 0 Å². The third kappa shape index (κ3) is 3.60. The lowest BCUT2D eigenvalue weighted by Gasteiger charge is -2.18. The monoisotopic (exact) mass is 270 g/mol. The topological polar surface area (TPSA) is 46.5 Å². The Morgan fingerprint density at radius 2 is 2.05 bits per heavy atom. The van der Waals surface area contributed by atoms with Crippen molar-refractivity contribution in [1.82, 2.24) is 0 Å². The van der Waals surface area contributed by atoms with Gasteiger partial charge in [-0.2, -0.15) is 0 Å².